The molecule has 184 valence electrons. The van der Waals surface area contributed by atoms with E-state index >= 15 is 0 Å². The van der Waals surface area contributed by atoms with E-state index in [0.717, 1.165) is 5.69 Å². The molecule has 4 aromatic heterocycles. The van der Waals surface area contributed by atoms with Crippen LogP contribution in [0.15, 0.2) is 55.2 Å². The Balaban J connectivity index is 1.45. The molecule has 0 amide bonds. The van der Waals surface area contributed by atoms with E-state index in [9.17, 15) is 13.7 Å². The summed E-state index contributed by atoms with van der Waals surface area (Å²) in [6, 6.07) is 8.47. The summed E-state index contributed by atoms with van der Waals surface area (Å²) in [5.41, 5.74) is 3.29. The highest BCUT2D eigenvalue weighted by Gasteiger charge is 2.49. The van der Waals surface area contributed by atoms with Gasteiger partial charge in [-0.3, -0.25) is 14.3 Å². The predicted molar refractivity (Wildman–Crippen MR) is 131 cm³/mol. The van der Waals surface area contributed by atoms with E-state index in [-0.39, 0.29) is 24.8 Å². The third-order valence-electron chi connectivity index (χ3n) is 6.07. The maximum atomic E-state index is 12.8. The predicted octanol–water partition coefficient (Wildman–Crippen LogP) is 2.23. The molecule has 0 spiro atoms. The van der Waals surface area contributed by atoms with Gasteiger partial charge in [0.15, 0.2) is 0 Å². The average Bonchev–Trinajstić information content (AvgIpc) is 3.49. The zero-order valence-electron chi connectivity index (χ0n) is 19.7. The van der Waals surface area contributed by atoms with Crippen LogP contribution < -0.4 is 5.32 Å². The van der Waals surface area contributed by atoms with Crippen molar-refractivity contribution in [1.82, 2.24) is 38.8 Å². The molecule has 0 bridgehead atoms. The summed E-state index contributed by atoms with van der Waals surface area (Å²) in [6.07, 6.45) is 8.71. The maximum Gasteiger partial charge on any atom is 0.227 e. The van der Waals surface area contributed by atoms with Gasteiger partial charge in [0.25, 0.3) is 0 Å². The second-order valence-electron chi connectivity index (χ2n) is 8.34. The molecule has 12 nitrogen and oxygen atoms in total. The van der Waals surface area contributed by atoms with Gasteiger partial charge in [-0.05, 0) is 30.7 Å². The standard InChI is InChI=1S/C23H24N10O2S/c1-3-36(34,35)33-15-20(22(33)21-16(6-9-24)5-4-10-25-21)32-12-8-19(30-32)18-7-11-26-23(29-18)28-17-13-27-31(2)14-17/h4-5,7-8,10-14,20,22H,3,6,15H2,1-2H3,(H,26,28,29). The van der Waals surface area contributed by atoms with Gasteiger partial charge < -0.3 is 5.32 Å². The van der Waals surface area contributed by atoms with Crippen molar-refractivity contribution in [2.45, 2.75) is 25.4 Å². The van der Waals surface area contributed by atoms with Crippen molar-refractivity contribution in [1.29, 1.82) is 5.26 Å². The van der Waals surface area contributed by atoms with Crippen LogP contribution >= 0.6 is 0 Å². The molecule has 13 heteroatoms. The lowest BCUT2D eigenvalue weighted by atomic mass is 9.92. The fourth-order valence-corrected chi connectivity index (χ4v) is 5.54. The highest BCUT2D eigenvalue weighted by Crippen LogP contribution is 2.44. The van der Waals surface area contributed by atoms with Gasteiger partial charge in [0.2, 0.25) is 16.0 Å². The molecule has 1 aliphatic heterocycles. The average molecular weight is 505 g/mol. The zero-order valence-corrected chi connectivity index (χ0v) is 20.5. The number of anilines is 2. The topological polar surface area (TPSA) is 148 Å². The molecule has 0 aromatic carbocycles. The number of nitrogens with one attached hydrogen (secondary N) is 1. The van der Waals surface area contributed by atoms with Crippen LogP contribution in [0, 0.1) is 11.3 Å². The van der Waals surface area contributed by atoms with Gasteiger partial charge >= 0.3 is 0 Å². The Labute approximate surface area is 208 Å². The van der Waals surface area contributed by atoms with E-state index in [0.29, 0.717) is 28.6 Å². The van der Waals surface area contributed by atoms with E-state index < -0.39 is 16.1 Å². The first-order chi connectivity index (χ1) is 17.4. The van der Waals surface area contributed by atoms with Crippen molar-refractivity contribution in [3.63, 3.8) is 0 Å². The third kappa shape index (κ3) is 4.43. The van der Waals surface area contributed by atoms with Crippen molar-refractivity contribution < 1.29 is 8.42 Å². The Morgan fingerprint density at radius 3 is 2.81 bits per heavy atom. The summed E-state index contributed by atoms with van der Waals surface area (Å²) in [5.74, 6) is 0.390. The first kappa shape index (κ1) is 23.6. The highest BCUT2D eigenvalue weighted by molar-refractivity contribution is 7.89. The molecule has 1 saturated heterocycles. The molecule has 1 fully saturated rings. The minimum absolute atomic E-state index is 0.0192. The van der Waals surface area contributed by atoms with Crippen LogP contribution in [0.5, 0.6) is 0 Å². The normalized spacial score (nSPS) is 17.9. The molecule has 0 aliphatic carbocycles. The molecule has 5 rings (SSSR count). The zero-order chi connectivity index (χ0) is 25.3. The van der Waals surface area contributed by atoms with Gasteiger partial charge in [-0.15, -0.1) is 0 Å². The van der Waals surface area contributed by atoms with Crippen LogP contribution in [0.25, 0.3) is 11.4 Å². The molecule has 2 unspecified atom stereocenters. The van der Waals surface area contributed by atoms with Crippen molar-refractivity contribution in [2.24, 2.45) is 7.05 Å². The summed E-state index contributed by atoms with van der Waals surface area (Å²) in [5, 5.41) is 21.2. The van der Waals surface area contributed by atoms with E-state index in [4.69, 9.17) is 5.10 Å². The monoisotopic (exact) mass is 504 g/mol. The number of hydrogen-bond donors (Lipinski definition) is 1. The van der Waals surface area contributed by atoms with E-state index in [1.165, 1.54) is 4.31 Å². The minimum Gasteiger partial charge on any atom is -0.321 e. The van der Waals surface area contributed by atoms with Crippen LogP contribution in [-0.4, -0.2) is 59.5 Å². The number of aryl methyl sites for hydroxylation is 1. The number of sulfonamides is 1. The molecule has 1 aliphatic rings. The Bertz CT molecular complexity index is 1540. The molecule has 2 atom stereocenters. The van der Waals surface area contributed by atoms with Crippen LogP contribution in [0.1, 0.15) is 30.3 Å². The summed E-state index contributed by atoms with van der Waals surface area (Å²) in [4.78, 5) is 13.3. The lowest BCUT2D eigenvalue weighted by Gasteiger charge is -2.46. The van der Waals surface area contributed by atoms with Gasteiger partial charge in [0.05, 0.1) is 53.6 Å². The maximum absolute atomic E-state index is 12.8. The summed E-state index contributed by atoms with van der Waals surface area (Å²) < 4.78 is 30.5. The lowest BCUT2D eigenvalue weighted by molar-refractivity contribution is 0.0948. The van der Waals surface area contributed by atoms with Gasteiger partial charge in [0.1, 0.15) is 5.69 Å². The molecule has 4 aromatic rings. The molecule has 1 N–H and O–H groups in total. The molecular formula is C23H24N10O2S. The number of nitriles is 1. The van der Waals surface area contributed by atoms with Crippen molar-refractivity contribution in [3.8, 4) is 17.5 Å². The second kappa shape index (κ2) is 9.48. The summed E-state index contributed by atoms with van der Waals surface area (Å²) in [7, 11) is -1.65. The van der Waals surface area contributed by atoms with Crippen molar-refractivity contribution in [2.75, 3.05) is 17.6 Å². The fourth-order valence-electron chi connectivity index (χ4n) is 4.24. The molecule has 0 radical (unpaired) electrons. The number of hydrogen-bond acceptors (Lipinski definition) is 9. The highest BCUT2D eigenvalue weighted by atomic mass is 32.2. The fraction of sp³-hybridized carbons (Fsp3) is 0.304. The van der Waals surface area contributed by atoms with Gasteiger partial charge in [0, 0.05) is 38.4 Å². The second-order valence-corrected chi connectivity index (χ2v) is 10.5. The van der Waals surface area contributed by atoms with Crippen molar-refractivity contribution in [3.05, 3.63) is 66.5 Å². The van der Waals surface area contributed by atoms with Crippen LogP contribution in [0.2, 0.25) is 0 Å². The minimum atomic E-state index is -3.48. The number of nitrogens with zero attached hydrogens (tertiary/aromatic N) is 9. The van der Waals surface area contributed by atoms with E-state index in [2.05, 4.69) is 31.4 Å². The number of aromatic nitrogens is 7. The Hall–Kier alpha value is -4.15. The number of pyridine rings is 1. The van der Waals surface area contributed by atoms with Crippen molar-refractivity contribution >= 4 is 21.7 Å². The third-order valence-corrected chi connectivity index (χ3v) is 7.89. The molecule has 36 heavy (non-hydrogen) atoms. The molecular weight excluding hydrogens is 480 g/mol. The van der Waals surface area contributed by atoms with Crippen LogP contribution in [-0.2, 0) is 23.5 Å². The quantitative estimate of drug-likeness (QED) is 0.381. The molecule has 5 heterocycles. The largest absolute Gasteiger partial charge is 0.321 e. The van der Waals surface area contributed by atoms with Crippen LogP contribution in [0.4, 0.5) is 11.6 Å². The Morgan fingerprint density at radius 1 is 1.19 bits per heavy atom. The first-order valence-corrected chi connectivity index (χ1v) is 12.9. The summed E-state index contributed by atoms with van der Waals surface area (Å²) in [6.45, 7) is 1.88. The Kier molecular flexibility index (Phi) is 6.21. The lowest BCUT2D eigenvalue weighted by Crippen LogP contribution is -2.54. The van der Waals surface area contributed by atoms with Gasteiger partial charge in [-0.25, -0.2) is 18.4 Å². The summed E-state index contributed by atoms with van der Waals surface area (Å²) >= 11 is 0. The SMILES string of the molecule is CCS(=O)(=O)N1CC(n2ccc(-c3ccnc(Nc4cnn(C)c4)n3)n2)C1c1ncccc1CC#N. The molecule has 0 saturated carbocycles. The Morgan fingerprint density at radius 2 is 2.06 bits per heavy atom. The number of rotatable bonds is 8. The van der Waals surface area contributed by atoms with E-state index in [1.54, 1.807) is 47.0 Å². The smallest absolute Gasteiger partial charge is 0.227 e. The first-order valence-electron chi connectivity index (χ1n) is 11.3. The van der Waals surface area contributed by atoms with Crippen LogP contribution in [0.3, 0.4) is 0 Å². The van der Waals surface area contributed by atoms with Gasteiger partial charge in [-0.2, -0.15) is 19.8 Å². The van der Waals surface area contributed by atoms with E-state index in [1.807, 2.05) is 31.6 Å². The van der Waals surface area contributed by atoms with Gasteiger partial charge in [-0.1, -0.05) is 6.07 Å².